The number of amides is 2. The van der Waals surface area contributed by atoms with Crippen molar-refractivity contribution in [1.82, 2.24) is 20.1 Å². The molecular weight excluding hydrogens is 274 g/mol. The van der Waals surface area contributed by atoms with E-state index in [1.165, 1.54) is 18.3 Å². The second-order valence-electron chi connectivity index (χ2n) is 4.45. The summed E-state index contributed by atoms with van der Waals surface area (Å²) in [6.07, 6.45) is 3.09. The summed E-state index contributed by atoms with van der Waals surface area (Å²) in [5.41, 5.74) is 1.92. The van der Waals surface area contributed by atoms with E-state index in [1.54, 1.807) is 24.9 Å². The van der Waals surface area contributed by atoms with Gasteiger partial charge in [0.1, 0.15) is 0 Å². The number of nitrogens with one attached hydrogen (secondary N) is 2. The third-order valence-corrected chi connectivity index (χ3v) is 2.76. The lowest BCUT2D eigenvalue weighted by Crippen LogP contribution is -2.28. The Morgan fingerprint density at radius 1 is 1.43 bits per heavy atom. The highest BCUT2D eigenvalue weighted by atomic mass is 16.4. The molecule has 2 aromatic rings. The third kappa shape index (κ3) is 3.78. The van der Waals surface area contributed by atoms with Crippen molar-refractivity contribution in [1.29, 1.82) is 0 Å². The summed E-state index contributed by atoms with van der Waals surface area (Å²) in [6, 6.07) is 2.40. The molecule has 0 saturated heterocycles. The Bertz CT molecular complexity index is 680. The molecular formula is C13H15N5O3. The quantitative estimate of drug-likeness (QED) is 0.782. The molecule has 0 unspecified atom stereocenters. The number of rotatable bonds is 4. The lowest BCUT2D eigenvalue weighted by molar-refractivity contribution is 0.0696. The molecule has 0 bridgehead atoms. The number of nitrogens with zero attached hydrogens (tertiary/aromatic N) is 3. The predicted octanol–water partition coefficient (Wildman–Crippen LogP) is 1.14. The Hall–Kier alpha value is -2.90. The van der Waals surface area contributed by atoms with Gasteiger partial charge in [0, 0.05) is 19.4 Å². The number of aryl methyl sites for hydroxylation is 2. The van der Waals surface area contributed by atoms with Gasteiger partial charge in [0.2, 0.25) is 0 Å². The average Bonchev–Trinajstić information content (AvgIpc) is 2.75. The van der Waals surface area contributed by atoms with Crippen LogP contribution in [0.3, 0.4) is 0 Å². The maximum Gasteiger partial charge on any atom is 0.335 e. The fourth-order valence-corrected chi connectivity index (χ4v) is 1.77. The molecule has 0 aliphatic carbocycles. The molecule has 110 valence electrons. The molecule has 0 aliphatic rings. The Balaban J connectivity index is 1.93. The maximum absolute atomic E-state index is 11.8. The Morgan fingerprint density at radius 3 is 2.81 bits per heavy atom. The fraction of sp³-hybridized carbons (Fsp3) is 0.231. The van der Waals surface area contributed by atoms with Crippen LogP contribution in [0.5, 0.6) is 0 Å². The molecule has 21 heavy (non-hydrogen) atoms. The largest absolute Gasteiger partial charge is 0.478 e. The molecule has 2 aromatic heterocycles. The van der Waals surface area contributed by atoms with E-state index in [1.807, 2.05) is 0 Å². The van der Waals surface area contributed by atoms with Crippen molar-refractivity contribution in [3.8, 4) is 0 Å². The highest BCUT2D eigenvalue weighted by molar-refractivity contribution is 5.89. The van der Waals surface area contributed by atoms with Gasteiger partial charge in [-0.2, -0.15) is 5.10 Å². The average molecular weight is 289 g/mol. The van der Waals surface area contributed by atoms with Crippen LogP contribution >= 0.6 is 0 Å². The molecule has 0 saturated carbocycles. The first-order valence-corrected chi connectivity index (χ1v) is 6.19. The topological polar surface area (TPSA) is 109 Å². The number of pyridine rings is 1. The van der Waals surface area contributed by atoms with Gasteiger partial charge < -0.3 is 15.7 Å². The molecule has 2 heterocycles. The summed E-state index contributed by atoms with van der Waals surface area (Å²) in [7, 11) is 1.76. The summed E-state index contributed by atoms with van der Waals surface area (Å²) < 4.78 is 1.60. The van der Waals surface area contributed by atoms with Crippen LogP contribution in [0.15, 0.2) is 24.5 Å². The summed E-state index contributed by atoms with van der Waals surface area (Å²) in [5.74, 6) is -1.03. The Labute approximate surface area is 120 Å². The summed E-state index contributed by atoms with van der Waals surface area (Å²) in [4.78, 5) is 26.6. The molecule has 0 spiro atoms. The van der Waals surface area contributed by atoms with Crippen molar-refractivity contribution >= 4 is 17.7 Å². The molecule has 3 N–H and O–H groups in total. The first-order chi connectivity index (χ1) is 9.95. The second kappa shape index (κ2) is 6.04. The third-order valence-electron chi connectivity index (χ3n) is 2.76. The van der Waals surface area contributed by atoms with Gasteiger partial charge in [-0.05, 0) is 19.1 Å². The van der Waals surface area contributed by atoms with Gasteiger partial charge in [0.05, 0.1) is 29.2 Å². The SMILES string of the molecule is Cc1nn(C)cc1NC(=O)NCc1cc(C(=O)O)ccn1. The Morgan fingerprint density at radius 2 is 2.19 bits per heavy atom. The van der Waals surface area contributed by atoms with Gasteiger partial charge in [-0.3, -0.25) is 9.67 Å². The Kier molecular flexibility index (Phi) is 4.17. The molecule has 0 radical (unpaired) electrons. The van der Waals surface area contributed by atoms with Crippen LogP contribution in [-0.4, -0.2) is 31.9 Å². The van der Waals surface area contributed by atoms with Gasteiger partial charge in [0.15, 0.2) is 0 Å². The van der Waals surface area contributed by atoms with Crippen molar-refractivity contribution in [3.63, 3.8) is 0 Å². The number of urea groups is 1. The molecule has 2 amide bonds. The number of aromatic carboxylic acids is 1. The van der Waals surface area contributed by atoms with Gasteiger partial charge in [-0.1, -0.05) is 0 Å². The normalized spacial score (nSPS) is 10.2. The van der Waals surface area contributed by atoms with Crippen molar-refractivity contribution in [2.45, 2.75) is 13.5 Å². The molecule has 8 nitrogen and oxygen atoms in total. The molecule has 0 aromatic carbocycles. The van der Waals surface area contributed by atoms with Crippen LogP contribution in [0.25, 0.3) is 0 Å². The van der Waals surface area contributed by atoms with Crippen molar-refractivity contribution < 1.29 is 14.7 Å². The predicted molar refractivity (Wildman–Crippen MR) is 75.0 cm³/mol. The monoisotopic (exact) mass is 289 g/mol. The lowest BCUT2D eigenvalue weighted by atomic mass is 10.2. The van der Waals surface area contributed by atoms with Crippen LogP contribution in [0.2, 0.25) is 0 Å². The van der Waals surface area contributed by atoms with Crippen LogP contribution in [0.4, 0.5) is 10.5 Å². The van der Waals surface area contributed by atoms with Gasteiger partial charge in [0.25, 0.3) is 0 Å². The number of anilines is 1. The minimum atomic E-state index is -1.03. The zero-order valence-corrected chi connectivity index (χ0v) is 11.6. The maximum atomic E-state index is 11.8. The summed E-state index contributed by atoms with van der Waals surface area (Å²) >= 11 is 0. The number of hydrogen-bond donors (Lipinski definition) is 3. The van der Waals surface area contributed by atoms with Crippen LogP contribution in [-0.2, 0) is 13.6 Å². The first-order valence-electron chi connectivity index (χ1n) is 6.19. The molecule has 8 heteroatoms. The minimum absolute atomic E-state index is 0.130. The van der Waals surface area contributed by atoms with E-state index in [0.717, 1.165) is 0 Å². The van der Waals surface area contributed by atoms with Crippen molar-refractivity contribution in [2.75, 3.05) is 5.32 Å². The summed E-state index contributed by atoms with van der Waals surface area (Å²) in [5, 5.41) is 18.3. The van der Waals surface area contributed by atoms with Crippen molar-refractivity contribution in [3.05, 3.63) is 41.5 Å². The lowest BCUT2D eigenvalue weighted by Gasteiger charge is -2.06. The standard InChI is InChI=1S/C13H15N5O3/c1-8-11(7-18(2)17-8)16-13(21)15-6-10-5-9(12(19)20)3-4-14-10/h3-5,7H,6H2,1-2H3,(H,19,20)(H2,15,16,21). The smallest absolute Gasteiger partial charge is 0.335 e. The van der Waals surface area contributed by atoms with E-state index < -0.39 is 12.0 Å². The van der Waals surface area contributed by atoms with Crippen molar-refractivity contribution in [2.24, 2.45) is 7.05 Å². The van der Waals surface area contributed by atoms with Gasteiger partial charge >= 0.3 is 12.0 Å². The number of carboxylic acids is 1. The van der Waals surface area contributed by atoms with Gasteiger partial charge in [-0.25, -0.2) is 9.59 Å². The molecule has 0 atom stereocenters. The van der Waals surface area contributed by atoms with Crippen LogP contribution < -0.4 is 10.6 Å². The van der Waals surface area contributed by atoms with E-state index in [9.17, 15) is 9.59 Å². The summed E-state index contributed by atoms with van der Waals surface area (Å²) in [6.45, 7) is 1.92. The highest BCUT2D eigenvalue weighted by Gasteiger charge is 2.08. The van der Waals surface area contributed by atoms with E-state index in [4.69, 9.17) is 5.11 Å². The number of aromatic nitrogens is 3. The van der Waals surface area contributed by atoms with E-state index in [-0.39, 0.29) is 12.1 Å². The second-order valence-corrected chi connectivity index (χ2v) is 4.45. The van der Waals surface area contributed by atoms with Crippen LogP contribution in [0.1, 0.15) is 21.7 Å². The molecule has 0 aliphatic heterocycles. The molecule has 0 fully saturated rings. The minimum Gasteiger partial charge on any atom is -0.478 e. The van der Waals surface area contributed by atoms with E-state index in [0.29, 0.717) is 17.1 Å². The molecule has 2 rings (SSSR count). The van der Waals surface area contributed by atoms with Crippen LogP contribution in [0, 0.1) is 6.92 Å². The number of carbonyl (C=O) groups excluding carboxylic acids is 1. The van der Waals surface area contributed by atoms with E-state index in [2.05, 4.69) is 20.7 Å². The fourth-order valence-electron chi connectivity index (χ4n) is 1.77. The number of carboxylic acid groups (broad SMARTS) is 1. The zero-order valence-electron chi connectivity index (χ0n) is 11.6. The van der Waals surface area contributed by atoms with Gasteiger partial charge in [-0.15, -0.1) is 0 Å². The first kappa shape index (κ1) is 14.5. The highest BCUT2D eigenvalue weighted by Crippen LogP contribution is 2.10. The number of hydrogen-bond acceptors (Lipinski definition) is 4. The zero-order chi connectivity index (χ0) is 15.4. The van der Waals surface area contributed by atoms with E-state index >= 15 is 0 Å². The number of carbonyl (C=O) groups is 2.